The standard InChI is InChI=1S/C32H48N4O7S/c1-22(2)20-36(44(39,40)28-13-11-27(41-5)12-14-28)16-15-26(18-25-9-7-6-8-10-25)19-34-32(38)43-23(3)17-30-31(33)29(21-42-30)35-24(4)37/h6-14,22-23,26,29-31H,15-21,33H2,1-5H3,(H,34,38)(H,35,37). The molecule has 1 fully saturated rings. The van der Waals surface area contributed by atoms with Crippen LogP contribution in [0, 0.1) is 11.8 Å². The van der Waals surface area contributed by atoms with Gasteiger partial charge in [0.05, 0.1) is 36.8 Å². The first-order chi connectivity index (χ1) is 20.9. The average molecular weight is 633 g/mol. The second-order valence-corrected chi connectivity index (χ2v) is 13.8. The zero-order chi connectivity index (χ0) is 32.3. The second kappa shape index (κ2) is 16.8. The van der Waals surface area contributed by atoms with E-state index in [1.54, 1.807) is 31.2 Å². The highest BCUT2D eigenvalue weighted by Crippen LogP contribution is 2.23. The van der Waals surface area contributed by atoms with Crippen LogP contribution in [-0.4, -0.2) is 82.4 Å². The number of nitrogens with zero attached hydrogens (tertiary/aromatic N) is 1. The number of benzene rings is 2. The van der Waals surface area contributed by atoms with Crippen molar-refractivity contribution in [1.82, 2.24) is 14.9 Å². The molecule has 0 spiro atoms. The Morgan fingerprint density at radius 2 is 1.77 bits per heavy atom. The van der Waals surface area contributed by atoms with Crippen molar-refractivity contribution in [3.05, 3.63) is 60.2 Å². The molecule has 3 rings (SSSR count). The lowest BCUT2D eigenvalue weighted by molar-refractivity contribution is -0.119. The van der Waals surface area contributed by atoms with Crippen LogP contribution in [0.4, 0.5) is 4.79 Å². The topological polar surface area (TPSA) is 149 Å². The van der Waals surface area contributed by atoms with Crippen LogP contribution < -0.4 is 21.1 Å². The van der Waals surface area contributed by atoms with Gasteiger partial charge < -0.3 is 30.6 Å². The minimum absolute atomic E-state index is 0.0500. The van der Waals surface area contributed by atoms with Gasteiger partial charge in [0.1, 0.15) is 11.9 Å². The van der Waals surface area contributed by atoms with Gasteiger partial charge in [0, 0.05) is 33.0 Å². The molecular weight excluding hydrogens is 584 g/mol. The van der Waals surface area contributed by atoms with Gasteiger partial charge >= 0.3 is 6.09 Å². The maximum absolute atomic E-state index is 13.6. The summed E-state index contributed by atoms with van der Waals surface area (Å²) in [5.74, 6) is 0.484. The Morgan fingerprint density at radius 3 is 2.39 bits per heavy atom. The minimum atomic E-state index is -3.74. The van der Waals surface area contributed by atoms with Crippen molar-refractivity contribution in [3.8, 4) is 5.75 Å². The summed E-state index contributed by atoms with van der Waals surface area (Å²) in [7, 11) is -2.21. The van der Waals surface area contributed by atoms with E-state index in [9.17, 15) is 18.0 Å². The molecule has 0 radical (unpaired) electrons. The van der Waals surface area contributed by atoms with Crippen LogP contribution in [0.1, 0.15) is 46.1 Å². The highest BCUT2D eigenvalue weighted by molar-refractivity contribution is 7.89. The quantitative estimate of drug-likeness (QED) is 0.255. The van der Waals surface area contributed by atoms with Crippen LogP contribution in [-0.2, 0) is 30.7 Å². The van der Waals surface area contributed by atoms with E-state index in [4.69, 9.17) is 19.9 Å². The van der Waals surface area contributed by atoms with Gasteiger partial charge in [-0.3, -0.25) is 4.79 Å². The number of ether oxygens (including phenoxy) is 3. The number of nitrogens with two attached hydrogens (primary N) is 1. The second-order valence-electron chi connectivity index (χ2n) is 11.9. The molecule has 44 heavy (non-hydrogen) atoms. The first-order valence-corrected chi connectivity index (χ1v) is 16.6. The Bertz CT molecular complexity index is 1290. The van der Waals surface area contributed by atoms with Crippen LogP contribution in [0.15, 0.2) is 59.5 Å². The minimum Gasteiger partial charge on any atom is -0.497 e. The van der Waals surface area contributed by atoms with Crippen LogP contribution in [0.2, 0.25) is 0 Å². The van der Waals surface area contributed by atoms with Crippen LogP contribution in [0.3, 0.4) is 0 Å². The van der Waals surface area contributed by atoms with Crippen molar-refractivity contribution in [2.24, 2.45) is 17.6 Å². The summed E-state index contributed by atoms with van der Waals surface area (Å²) in [5, 5.41) is 5.67. The molecule has 12 heteroatoms. The Labute approximate surface area is 261 Å². The summed E-state index contributed by atoms with van der Waals surface area (Å²) >= 11 is 0. The number of rotatable bonds is 16. The number of amides is 2. The molecule has 1 heterocycles. The molecule has 1 aliphatic heterocycles. The van der Waals surface area contributed by atoms with E-state index in [2.05, 4.69) is 10.6 Å². The van der Waals surface area contributed by atoms with E-state index < -0.39 is 28.3 Å². The predicted octanol–water partition coefficient (Wildman–Crippen LogP) is 3.33. The third kappa shape index (κ3) is 10.8. The molecule has 2 aromatic rings. The maximum Gasteiger partial charge on any atom is 0.407 e. The number of hydrogen-bond acceptors (Lipinski definition) is 8. The molecule has 1 saturated heterocycles. The molecule has 4 N–H and O–H groups in total. The Morgan fingerprint density at radius 1 is 1.09 bits per heavy atom. The van der Waals surface area contributed by atoms with Gasteiger partial charge in [-0.15, -0.1) is 0 Å². The fourth-order valence-electron chi connectivity index (χ4n) is 5.32. The number of carbonyl (C=O) groups excluding carboxylic acids is 2. The Kier molecular flexibility index (Phi) is 13.4. The lowest BCUT2D eigenvalue weighted by Crippen LogP contribution is -2.49. The zero-order valence-corrected chi connectivity index (χ0v) is 27.2. The van der Waals surface area contributed by atoms with E-state index in [1.807, 2.05) is 44.2 Å². The highest BCUT2D eigenvalue weighted by Gasteiger charge is 2.36. The highest BCUT2D eigenvalue weighted by atomic mass is 32.2. The summed E-state index contributed by atoms with van der Waals surface area (Å²) in [6.07, 6.45) is 0.203. The van der Waals surface area contributed by atoms with Crippen molar-refractivity contribution in [3.63, 3.8) is 0 Å². The molecule has 0 bridgehead atoms. The van der Waals surface area contributed by atoms with E-state index in [0.29, 0.717) is 51.3 Å². The molecule has 2 amide bonds. The molecule has 0 aromatic heterocycles. The van der Waals surface area contributed by atoms with Gasteiger partial charge in [-0.25, -0.2) is 13.2 Å². The van der Waals surface area contributed by atoms with Crippen molar-refractivity contribution in [1.29, 1.82) is 0 Å². The largest absolute Gasteiger partial charge is 0.497 e. The molecule has 0 aliphatic carbocycles. The van der Waals surface area contributed by atoms with E-state index in [0.717, 1.165) is 5.56 Å². The zero-order valence-electron chi connectivity index (χ0n) is 26.4. The van der Waals surface area contributed by atoms with E-state index >= 15 is 0 Å². The van der Waals surface area contributed by atoms with Crippen LogP contribution in [0.25, 0.3) is 0 Å². The molecule has 244 valence electrons. The summed E-state index contributed by atoms with van der Waals surface area (Å²) in [6, 6.07) is 15.6. The molecule has 11 nitrogen and oxygen atoms in total. The monoisotopic (exact) mass is 632 g/mol. The number of nitrogens with one attached hydrogen (secondary N) is 2. The third-order valence-corrected chi connectivity index (χ3v) is 9.48. The van der Waals surface area contributed by atoms with Gasteiger partial charge in [-0.1, -0.05) is 44.2 Å². The smallest absolute Gasteiger partial charge is 0.407 e. The number of hydrogen-bond donors (Lipinski definition) is 3. The summed E-state index contributed by atoms with van der Waals surface area (Å²) < 4.78 is 45.3. The van der Waals surface area contributed by atoms with Gasteiger partial charge in [0.25, 0.3) is 0 Å². The summed E-state index contributed by atoms with van der Waals surface area (Å²) in [4.78, 5) is 24.4. The fraction of sp³-hybridized carbons (Fsp3) is 0.562. The first kappa shape index (κ1) is 35.3. The third-order valence-electron chi connectivity index (χ3n) is 7.60. The number of alkyl carbamates (subject to hydrolysis) is 1. The fourth-order valence-corrected chi connectivity index (χ4v) is 6.94. The Hall–Kier alpha value is -3.19. The SMILES string of the molecule is COc1ccc(S(=O)(=O)N(CCC(CNC(=O)OC(C)CC2OCC(NC(C)=O)C2N)Cc2ccccc2)CC(C)C)cc1. The van der Waals surface area contributed by atoms with Crippen molar-refractivity contribution >= 4 is 22.0 Å². The van der Waals surface area contributed by atoms with E-state index in [1.165, 1.54) is 18.3 Å². The van der Waals surface area contributed by atoms with Gasteiger partial charge in [-0.05, 0) is 61.4 Å². The number of methoxy groups -OCH3 is 1. The molecular formula is C32H48N4O7S. The normalized spacial score (nSPS) is 19.9. The molecule has 5 atom stereocenters. The summed E-state index contributed by atoms with van der Waals surface area (Å²) in [6.45, 7) is 8.47. The van der Waals surface area contributed by atoms with Crippen molar-refractivity contribution < 1.29 is 32.2 Å². The number of carbonyl (C=O) groups is 2. The Balaban J connectivity index is 1.62. The van der Waals surface area contributed by atoms with Crippen LogP contribution >= 0.6 is 0 Å². The average Bonchev–Trinajstić information content (AvgIpc) is 3.31. The number of sulfonamides is 1. The van der Waals surface area contributed by atoms with Gasteiger partial charge in [-0.2, -0.15) is 4.31 Å². The van der Waals surface area contributed by atoms with Crippen LogP contribution in [0.5, 0.6) is 5.75 Å². The van der Waals surface area contributed by atoms with Gasteiger partial charge in [0.15, 0.2) is 0 Å². The van der Waals surface area contributed by atoms with Crippen molar-refractivity contribution in [2.75, 3.05) is 33.4 Å². The van der Waals surface area contributed by atoms with E-state index in [-0.39, 0.29) is 34.8 Å². The lowest BCUT2D eigenvalue weighted by atomic mass is 9.96. The first-order valence-electron chi connectivity index (χ1n) is 15.2. The van der Waals surface area contributed by atoms with Gasteiger partial charge in [0.2, 0.25) is 15.9 Å². The maximum atomic E-state index is 13.6. The predicted molar refractivity (Wildman–Crippen MR) is 169 cm³/mol. The molecule has 1 aliphatic rings. The molecule has 2 aromatic carbocycles. The lowest BCUT2D eigenvalue weighted by Gasteiger charge is -2.27. The molecule has 5 unspecified atom stereocenters. The van der Waals surface area contributed by atoms with Crippen molar-refractivity contribution in [2.45, 2.75) is 76.1 Å². The molecule has 0 saturated carbocycles. The summed E-state index contributed by atoms with van der Waals surface area (Å²) in [5.41, 5.74) is 7.34.